The van der Waals surface area contributed by atoms with Gasteiger partial charge in [0.1, 0.15) is 0 Å². The number of rotatable bonds is 4. The Kier molecular flexibility index (Phi) is 4.00. The Morgan fingerprint density at radius 3 is 3.07 bits per heavy atom. The molecule has 0 spiro atoms. The van der Waals surface area contributed by atoms with Crippen LogP contribution in [0.5, 0.6) is 0 Å². The summed E-state index contributed by atoms with van der Waals surface area (Å²) < 4.78 is 5.60. The largest absolute Gasteiger partial charge is 0.377 e. The van der Waals surface area contributed by atoms with Crippen LogP contribution >= 0.6 is 0 Å². The van der Waals surface area contributed by atoms with Crippen LogP contribution in [0.3, 0.4) is 0 Å². The minimum absolute atomic E-state index is 0.455. The molecule has 3 nitrogen and oxygen atoms in total. The smallest absolute Gasteiger partial charge is 0.0700 e. The highest BCUT2D eigenvalue weighted by Crippen LogP contribution is 2.24. The van der Waals surface area contributed by atoms with E-state index >= 15 is 0 Å². The van der Waals surface area contributed by atoms with Gasteiger partial charge in [0, 0.05) is 26.2 Å². The molecule has 15 heavy (non-hydrogen) atoms. The number of hydrogen-bond donors (Lipinski definition) is 2. The molecule has 0 saturated carbocycles. The summed E-state index contributed by atoms with van der Waals surface area (Å²) in [5, 5.41) is 7.06. The zero-order valence-electron chi connectivity index (χ0n) is 9.85. The second-order valence-corrected chi connectivity index (χ2v) is 5.36. The lowest BCUT2D eigenvalue weighted by Crippen LogP contribution is -2.45. The van der Waals surface area contributed by atoms with Gasteiger partial charge in [-0.1, -0.05) is 6.92 Å². The molecular weight excluding hydrogens is 188 g/mol. The summed E-state index contributed by atoms with van der Waals surface area (Å²) in [4.78, 5) is 0. The summed E-state index contributed by atoms with van der Waals surface area (Å²) in [5.41, 5.74) is 0.455. The first-order valence-electron chi connectivity index (χ1n) is 6.32. The maximum absolute atomic E-state index is 5.60. The van der Waals surface area contributed by atoms with Crippen LogP contribution in [-0.4, -0.2) is 38.9 Å². The van der Waals surface area contributed by atoms with Crippen LogP contribution in [0.25, 0.3) is 0 Å². The first kappa shape index (κ1) is 11.4. The van der Waals surface area contributed by atoms with Crippen molar-refractivity contribution < 1.29 is 4.74 Å². The molecule has 0 amide bonds. The van der Waals surface area contributed by atoms with Crippen LogP contribution in [0, 0.1) is 5.41 Å². The van der Waals surface area contributed by atoms with Crippen molar-refractivity contribution >= 4 is 0 Å². The first-order valence-corrected chi connectivity index (χ1v) is 6.32. The highest BCUT2D eigenvalue weighted by molar-refractivity contribution is 4.83. The molecule has 2 N–H and O–H groups in total. The van der Waals surface area contributed by atoms with Crippen LogP contribution < -0.4 is 10.6 Å². The van der Waals surface area contributed by atoms with Gasteiger partial charge >= 0.3 is 0 Å². The molecule has 3 heteroatoms. The van der Waals surface area contributed by atoms with Crippen LogP contribution in [0.4, 0.5) is 0 Å². The zero-order chi connectivity index (χ0) is 10.6. The van der Waals surface area contributed by atoms with Crippen molar-refractivity contribution in [2.24, 2.45) is 5.41 Å². The van der Waals surface area contributed by atoms with Crippen LogP contribution in [0.1, 0.15) is 32.6 Å². The van der Waals surface area contributed by atoms with Crippen LogP contribution in [0.2, 0.25) is 0 Å². The minimum Gasteiger partial charge on any atom is -0.377 e. The van der Waals surface area contributed by atoms with Crippen molar-refractivity contribution in [3.8, 4) is 0 Å². The molecule has 0 bridgehead atoms. The average molecular weight is 212 g/mol. The third-order valence-corrected chi connectivity index (χ3v) is 3.63. The minimum atomic E-state index is 0.455. The third-order valence-electron chi connectivity index (χ3n) is 3.63. The highest BCUT2D eigenvalue weighted by Gasteiger charge is 2.26. The normalized spacial score (nSPS) is 37.0. The van der Waals surface area contributed by atoms with E-state index in [1.165, 1.54) is 32.2 Å². The van der Waals surface area contributed by atoms with Gasteiger partial charge in [0.25, 0.3) is 0 Å². The monoisotopic (exact) mass is 212 g/mol. The topological polar surface area (TPSA) is 33.3 Å². The average Bonchev–Trinajstić information content (AvgIpc) is 2.71. The fraction of sp³-hybridized carbons (Fsp3) is 1.00. The summed E-state index contributed by atoms with van der Waals surface area (Å²) in [6.07, 6.45) is 5.62. The van der Waals surface area contributed by atoms with E-state index in [1.54, 1.807) is 0 Å². The Bertz CT molecular complexity index is 184. The van der Waals surface area contributed by atoms with Crippen LogP contribution in [0.15, 0.2) is 0 Å². The number of hydrogen-bond acceptors (Lipinski definition) is 3. The lowest BCUT2D eigenvalue weighted by molar-refractivity contribution is 0.105. The molecule has 0 aliphatic carbocycles. The van der Waals surface area contributed by atoms with Crippen molar-refractivity contribution in [3.63, 3.8) is 0 Å². The lowest BCUT2D eigenvalue weighted by Gasteiger charge is -2.34. The standard InChI is InChI=1S/C12H24N2O/c1-12(5-3-6-13-9-12)10-14-8-11-4-2-7-15-11/h11,13-14H,2-10H2,1H3. The van der Waals surface area contributed by atoms with Gasteiger partial charge in [0.05, 0.1) is 6.10 Å². The lowest BCUT2D eigenvalue weighted by atomic mass is 9.83. The van der Waals surface area contributed by atoms with E-state index in [0.29, 0.717) is 11.5 Å². The van der Waals surface area contributed by atoms with Crippen LogP contribution in [-0.2, 0) is 4.74 Å². The summed E-state index contributed by atoms with van der Waals surface area (Å²) >= 11 is 0. The number of ether oxygens (including phenoxy) is 1. The van der Waals surface area contributed by atoms with Crippen molar-refractivity contribution in [1.82, 2.24) is 10.6 Å². The Hall–Kier alpha value is -0.120. The predicted octanol–water partition coefficient (Wildman–Crippen LogP) is 1.14. The summed E-state index contributed by atoms with van der Waals surface area (Å²) in [6, 6.07) is 0. The van der Waals surface area contributed by atoms with Gasteiger partial charge < -0.3 is 15.4 Å². The van der Waals surface area contributed by atoms with Gasteiger partial charge in [-0.05, 0) is 37.6 Å². The highest BCUT2D eigenvalue weighted by atomic mass is 16.5. The Labute approximate surface area is 93.0 Å². The van der Waals surface area contributed by atoms with E-state index in [1.807, 2.05) is 0 Å². The fourth-order valence-corrected chi connectivity index (χ4v) is 2.61. The van der Waals surface area contributed by atoms with Gasteiger partial charge in [0.15, 0.2) is 0 Å². The molecule has 0 aromatic carbocycles. The van der Waals surface area contributed by atoms with Crippen molar-refractivity contribution in [1.29, 1.82) is 0 Å². The molecule has 2 atom stereocenters. The van der Waals surface area contributed by atoms with Crippen molar-refractivity contribution in [2.75, 3.05) is 32.8 Å². The van der Waals surface area contributed by atoms with E-state index in [0.717, 1.165) is 26.2 Å². The fourth-order valence-electron chi connectivity index (χ4n) is 2.61. The first-order chi connectivity index (χ1) is 7.29. The van der Waals surface area contributed by atoms with Gasteiger partial charge in [-0.3, -0.25) is 0 Å². The molecule has 2 unspecified atom stereocenters. The SMILES string of the molecule is CC1(CNCC2CCCO2)CCCNC1. The molecule has 2 aliphatic rings. The molecule has 2 heterocycles. The summed E-state index contributed by atoms with van der Waals surface area (Å²) in [6.45, 7) is 7.86. The van der Waals surface area contributed by atoms with Gasteiger partial charge in [-0.25, -0.2) is 0 Å². The summed E-state index contributed by atoms with van der Waals surface area (Å²) in [5.74, 6) is 0. The molecule has 2 aliphatic heterocycles. The Morgan fingerprint density at radius 1 is 1.47 bits per heavy atom. The van der Waals surface area contributed by atoms with E-state index in [4.69, 9.17) is 4.74 Å². The second-order valence-electron chi connectivity index (χ2n) is 5.36. The molecule has 0 aromatic heterocycles. The maximum Gasteiger partial charge on any atom is 0.0700 e. The van der Waals surface area contributed by atoms with E-state index in [-0.39, 0.29) is 0 Å². The molecule has 2 fully saturated rings. The number of nitrogens with one attached hydrogen (secondary N) is 2. The second kappa shape index (κ2) is 5.28. The van der Waals surface area contributed by atoms with Gasteiger partial charge in [-0.2, -0.15) is 0 Å². The molecular formula is C12H24N2O. The number of piperidine rings is 1. The molecule has 2 rings (SSSR count). The molecule has 88 valence electrons. The third kappa shape index (κ3) is 3.44. The van der Waals surface area contributed by atoms with Gasteiger partial charge in [0.2, 0.25) is 0 Å². The molecule has 2 saturated heterocycles. The molecule has 0 aromatic rings. The van der Waals surface area contributed by atoms with Gasteiger partial charge in [-0.15, -0.1) is 0 Å². The summed E-state index contributed by atoms with van der Waals surface area (Å²) in [7, 11) is 0. The zero-order valence-corrected chi connectivity index (χ0v) is 9.85. The quantitative estimate of drug-likeness (QED) is 0.733. The Morgan fingerprint density at radius 2 is 2.40 bits per heavy atom. The van der Waals surface area contributed by atoms with E-state index in [9.17, 15) is 0 Å². The maximum atomic E-state index is 5.60. The predicted molar refractivity (Wildman–Crippen MR) is 62.1 cm³/mol. The van der Waals surface area contributed by atoms with Crippen molar-refractivity contribution in [3.05, 3.63) is 0 Å². The van der Waals surface area contributed by atoms with E-state index < -0.39 is 0 Å². The van der Waals surface area contributed by atoms with E-state index in [2.05, 4.69) is 17.6 Å². The Balaban J connectivity index is 1.63. The van der Waals surface area contributed by atoms with Crippen molar-refractivity contribution in [2.45, 2.75) is 38.7 Å². The molecule has 0 radical (unpaired) electrons.